The molecule has 0 bridgehead atoms. The Balaban J connectivity index is 1.41. The van der Waals surface area contributed by atoms with Crippen molar-refractivity contribution in [2.24, 2.45) is 11.8 Å². The van der Waals surface area contributed by atoms with E-state index >= 15 is 0 Å². The molecule has 2 heterocycles. The predicted molar refractivity (Wildman–Crippen MR) is 113 cm³/mol. The average molecular weight is 385 g/mol. The quantitative estimate of drug-likeness (QED) is 0.569. The number of allylic oxidation sites excluding steroid dienone is 1. The minimum Gasteiger partial charge on any atom is -0.258 e. The van der Waals surface area contributed by atoms with Crippen molar-refractivity contribution in [1.82, 2.24) is 15.0 Å². The molecule has 1 unspecified atom stereocenters. The molecule has 1 saturated carbocycles. The third kappa shape index (κ3) is 3.71. The number of pyridine rings is 1. The Morgan fingerprint density at radius 2 is 1.83 bits per heavy atom. The monoisotopic (exact) mass is 385 g/mol. The van der Waals surface area contributed by atoms with Crippen LogP contribution in [0.2, 0.25) is 0 Å². The van der Waals surface area contributed by atoms with E-state index in [0.29, 0.717) is 17.8 Å². The van der Waals surface area contributed by atoms with Gasteiger partial charge in [0.15, 0.2) is 0 Å². The summed E-state index contributed by atoms with van der Waals surface area (Å²) in [7, 11) is 0. The molecule has 0 amide bonds. The van der Waals surface area contributed by atoms with Crippen LogP contribution in [0.15, 0.2) is 61.1 Å². The summed E-state index contributed by atoms with van der Waals surface area (Å²) >= 11 is 0. The summed E-state index contributed by atoms with van der Waals surface area (Å²) in [6.07, 6.45) is 16.1. The first-order valence-electron chi connectivity index (χ1n) is 10.5. The Morgan fingerprint density at radius 3 is 2.69 bits per heavy atom. The van der Waals surface area contributed by atoms with Crippen LogP contribution in [-0.2, 0) is 6.42 Å². The maximum Gasteiger partial charge on any atom is 0.123 e. The molecule has 5 rings (SSSR count). The number of benzene rings is 1. The molecule has 0 radical (unpaired) electrons. The first-order chi connectivity index (χ1) is 14.3. The molecule has 29 heavy (non-hydrogen) atoms. The van der Waals surface area contributed by atoms with Crippen LogP contribution in [0.5, 0.6) is 0 Å². The summed E-state index contributed by atoms with van der Waals surface area (Å²) in [5, 5.41) is 0. The van der Waals surface area contributed by atoms with E-state index in [0.717, 1.165) is 28.9 Å². The summed E-state index contributed by atoms with van der Waals surface area (Å²) in [5.41, 5.74) is 4.98. The molecule has 146 valence electrons. The SMILES string of the molecule is Fc1cccc(-c2ccc(/C=C/[C@@H]3c4nccnc4C[C@@H]4CCCCC43)nc2)c1. The second-order valence-electron chi connectivity index (χ2n) is 8.17. The lowest BCUT2D eigenvalue weighted by molar-refractivity contribution is 0.197. The van der Waals surface area contributed by atoms with Crippen molar-refractivity contribution in [3.63, 3.8) is 0 Å². The van der Waals surface area contributed by atoms with Gasteiger partial charge in [0.2, 0.25) is 0 Å². The zero-order valence-corrected chi connectivity index (χ0v) is 16.3. The molecule has 1 aromatic carbocycles. The molecule has 3 aromatic rings. The summed E-state index contributed by atoms with van der Waals surface area (Å²) in [6, 6.07) is 10.6. The number of aromatic nitrogens is 3. The van der Waals surface area contributed by atoms with Crippen LogP contribution in [0.25, 0.3) is 17.2 Å². The van der Waals surface area contributed by atoms with Gasteiger partial charge >= 0.3 is 0 Å². The topological polar surface area (TPSA) is 38.7 Å². The second-order valence-corrected chi connectivity index (χ2v) is 8.17. The van der Waals surface area contributed by atoms with Gasteiger partial charge in [0.05, 0.1) is 17.1 Å². The van der Waals surface area contributed by atoms with E-state index in [1.54, 1.807) is 6.07 Å². The van der Waals surface area contributed by atoms with E-state index in [4.69, 9.17) is 4.98 Å². The molecular formula is C25H24FN3. The number of nitrogens with zero attached hydrogens (tertiary/aromatic N) is 3. The third-order valence-electron chi connectivity index (χ3n) is 6.43. The lowest BCUT2D eigenvalue weighted by Crippen LogP contribution is -2.32. The van der Waals surface area contributed by atoms with E-state index in [1.165, 1.54) is 43.5 Å². The summed E-state index contributed by atoms with van der Waals surface area (Å²) in [6.45, 7) is 0. The first kappa shape index (κ1) is 18.2. The van der Waals surface area contributed by atoms with Crippen LogP contribution in [-0.4, -0.2) is 15.0 Å². The molecule has 2 aromatic heterocycles. The number of halogens is 1. The molecule has 2 aliphatic rings. The van der Waals surface area contributed by atoms with Gasteiger partial charge in [-0.2, -0.15) is 0 Å². The molecule has 0 saturated heterocycles. The van der Waals surface area contributed by atoms with Crippen molar-refractivity contribution in [3.05, 3.63) is 84.0 Å². The summed E-state index contributed by atoms with van der Waals surface area (Å²) in [4.78, 5) is 13.9. The molecule has 3 nitrogen and oxygen atoms in total. The lowest BCUT2D eigenvalue weighted by Gasteiger charge is -2.40. The van der Waals surface area contributed by atoms with Crippen LogP contribution in [0.3, 0.4) is 0 Å². The van der Waals surface area contributed by atoms with Gasteiger partial charge in [-0.15, -0.1) is 0 Å². The van der Waals surface area contributed by atoms with Crippen molar-refractivity contribution in [2.75, 3.05) is 0 Å². The number of rotatable bonds is 3. The van der Waals surface area contributed by atoms with Gasteiger partial charge in [0, 0.05) is 30.1 Å². The second kappa shape index (κ2) is 7.86. The normalized spacial score (nSPS) is 23.6. The molecule has 0 aliphatic heterocycles. The zero-order chi connectivity index (χ0) is 19.6. The van der Waals surface area contributed by atoms with Gasteiger partial charge < -0.3 is 0 Å². The van der Waals surface area contributed by atoms with Gasteiger partial charge in [0.25, 0.3) is 0 Å². The molecule has 3 atom stereocenters. The molecule has 4 heteroatoms. The number of fused-ring (bicyclic) bond motifs is 2. The highest BCUT2D eigenvalue weighted by atomic mass is 19.1. The highest BCUT2D eigenvalue weighted by molar-refractivity contribution is 5.63. The fourth-order valence-electron chi connectivity index (χ4n) is 5.01. The van der Waals surface area contributed by atoms with Crippen LogP contribution in [0.1, 0.15) is 48.7 Å². The van der Waals surface area contributed by atoms with Gasteiger partial charge in [-0.05, 0) is 60.9 Å². The molecule has 0 spiro atoms. The van der Waals surface area contributed by atoms with E-state index in [-0.39, 0.29) is 5.82 Å². The van der Waals surface area contributed by atoms with Crippen molar-refractivity contribution in [3.8, 4) is 11.1 Å². The Hall–Kier alpha value is -2.88. The fourth-order valence-corrected chi connectivity index (χ4v) is 5.01. The molecule has 0 N–H and O–H groups in total. The summed E-state index contributed by atoms with van der Waals surface area (Å²) < 4.78 is 13.5. The van der Waals surface area contributed by atoms with E-state index in [2.05, 4.69) is 22.1 Å². The predicted octanol–water partition coefficient (Wildman–Crippen LogP) is 5.84. The minimum absolute atomic E-state index is 0.231. The van der Waals surface area contributed by atoms with E-state index in [1.807, 2.05) is 36.8 Å². The van der Waals surface area contributed by atoms with Crippen molar-refractivity contribution in [1.29, 1.82) is 0 Å². The highest BCUT2D eigenvalue weighted by Gasteiger charge is 2.38. The van der Waals surface area contributed by atoms with Crippen molar-refractivity contribution < 1.29 is 4.39 Å². The standard InChI is InChI=1S/C25H24FN3/c26-20-6-3-5-17(14-20)19-8-9-21(29-16-19)10-11-23-22-7-2-1-4-18(22)15-24-25(23)28-13-12-27-24/h3,5-6,8-14,16,18,22-23H,1-2,4,7,15H2/b11-10+/t18-,22?,23-/m0/s1. The van der Waals surface area contributed by atoms with Crippen LogP contribution in [0.4, 0.5) is 4.39 Å². The fraction of sp³-hybridized carbons (Fsp3) is 0.320. The van der Waals surface area contributed by atoms with Crippen LogP contribution in [0, 0.1) is 17.7 Å². The van der Waals surface area contributed by atoms with Gasteiger partial charge in [-0.1, -0.05) is 37.1 Å². The largest absolute Gasteiger partial charge is 0.258 e. The Morgan fingerprint density at radius 1 is 0.931 bits per heavy atom. The summed E-state index contributed by atoms with van der Waals surface area (Å²) in [5.74, 6) is 1.44. The first-order valence-corrected chi connectivity index (χ1v) is 10.5. The Kier molecular flexibility index (Phi) is 4.92. The highest BCUT2D eigenvalue weighted by Crippen LogP contribution is 2.46. The Bertz CT molecular complexity index is 1030. The Labute approximate surface area is 170 Å². The maximum absolute atomic E-state index is 13.5. The number of hydrogen-bond acceptors (Lipinski definition) is 3. The van der Waals surface area contributed by atoms with Gasteiger partial charge in [-0.25, -0.2) is 4.39 Å². The van der Waals surface area contributed by atoms with Gasteiger partial charge in [0.1, 0.15) is 5.82 Å². The van der Waals surface area contributed by atoms with Crippen LogP contribution < -0.4 is 0 Å². The lowest BCUT2D eigenvalue weighted by atomic mass is 9.65. The minimum atomic E-state index is -0.231. The molecular weight excluding hydrogens is 361 g/mol. The van der Waals surface area contributed by atoms with Crippen LogP contribution >= 0.6 is 0 Å². The van der Waals surface area contributed by atoms with E-state index in [9.17, 15) is 4.39 Å². The molecule has 2 aliphatic carbocycles. The number of hydrogen-bond donors (Lipinski definition) is 0. The van der Waals surface area contributed by atoms with Gasteiger partial charge in [-0.3, -0.25) is 15.0 Å². The molecule has 1 fully saturated rings. The zero-order valence-electron chi connectivity index (χ0n) is 16.3. The third-order valence-corrected chi connectivity index (χ3v) is 6.43. The maximum atomic E-state index is 13.5. The van der Waals surface area contributed by atoms with Crippen molar-refractivity contribution in [2.45, 2.75) is 38.0 Å². The van der Waals surface area contributed by atoms with E-state index < -0.39 is 0 Å². The average Bonchev–Trinajstić information content (AvgIpc) is 2.77. The van der Waals surface area contributed by atoms with Crippen molar-refractivity contribution >= 4 is 6.08 Å². The smallest absolute Gasteiger partial charge is 0.123 e.